The van der Waals surface area contributed by atoms with Crippen LogP contribution in [0.25, 0.3) is 10.9 Å². The summed E-state index contributed by atoms with van der Waals surface area (Å²) in [5.41, 5.74) is 1.98. The van der Waals surface area contributed by atoms with Crippen molar-refractivity contribution in [3.63, 3.8) is 0 Å². The zero-order valence-electron chi connectivity index (χ0n) is 11.6. The van der Waals surface area contributed by atoms with Crippen LogP contribution < -0.4 is 4.90 Å². The van der Waals surface area contributed by atoms with Crippen molar-refractivity contribution in [1.82, 2.24) is 4.98 Å². The number of hydrogen-bond acceptors (Lipinski definition) is 5. The molecule has 0 unspecified atom stereocenters. The number of carbonyl (C=O) groups is 1. The first-order chi connectivity index (χ1) is 10.2. The van der Waals surface area contributed by atoms with Gasteiger partial charge < -0.3 is 14.4 Å². The Morgan fingerprint density at radius 1 is 1.33 bits per heavy atom. The molecule has 1 aromatic carbocycles. The van der Waals surface area contributed by atoms with Crippen molar-refractivity contribution in [2.45, 2.75) is 0 Å². The molecule has 0 saturated carbocycles. The van der Waals surface area contributed by atoms with Crippen LogP contribution in [-0.2, 0) is 9.47 Å². The van der Waals surface area contributed by atoms with Crippen molar-refractivity contribution in [1.29, 1.82) is 0 Å². The number of nitrogens with zero attached hydrogens (tertiary/aromatic N) is 2. The number of methoxy groups -OCH3 is 1. The summed E-state index contributed by atoms with van der Waals surface area (Å²) in [6.45, 7) is 3.17. The number of benzene rings is 1. The second-order valence-corrected chi connectivity index (χ2v) is 5.19. The monoisotopic (exact) mass is 306 g/mol. The minimum absolute atomic E-state index is 0.217. The molecule has 0 bridgehead atoms. The molecule has 0 amide bonds. The Bertz CT molecular complexity index is 684. The van der Waals surface area contributed by atoms with Gasteiger partial charge in [-0.3, -0.25) is 0 Å². The number of carbonyl (C=O) groups excluding carboxylic acids is 1. The fraction of sp³-hybridized carbons (Fsp3) is 0.333. The molecule has 0 radical (unpaired) electrons. The van der Waals surface area contributed by atoms with Crippen LogP contribution in [0.15, 0.2) is 24.3 Å². The SMILES string of the molecule is COC(=O)c1cc(Cl)c2cc(N3CCOCC3)ccc2n1. The van der Waals surface area contributed by atoms with E-state index in [4.69, 9.17) is 16.3 Å². The molecule has 1 aliphatic heterocycles. The first kappa shape index (κ1) is 14.1. The standard InChI is InChI=1S/C15H15ClN2O3/c1-20-15(19)14-9-12(16)11-8-10(2-3-13(11)17-14)18-4-6-21-7-5-18/h2-3,8-9H,4-7H2,1H3. The van der Waals surface area contributed by atoms with Crippen molar-refractivity contribution in [3.8, 4) is 0 Å². The van der Waals surface area contributed by atoms with Crippen molar-refractivity contribution < 1.29 is 14.3 Å². The summed E-state index contributed by atoms with van der Waals surface area (Å²) in [6, 6.07) is 7.40. The van der Waals surface area contributed by atoms with Crippen molar-refractivity contribution in [3.05, 3.63) is 35.0 Å². The largest absolute Gasteiger partial charge is 0.464 e. The number of aromatic nitrogens is 1. The molecule has 6 heteroatoms. The van der Waals surface area contributed by atoms with Gasteiger partial charge in [0.2, 0.25) is 0 Å². The minimum atomic E-state index is -0.490. The molecule has 0 N–H and O–H groups in total. The van der Waals surface area contributed by atoms with E-state index in [0.717, 1.165) is 37.4 Å². The molecule has 3 rings (SSSR count). The van der Waals surface area contributed by atoms with Crippen molar-refractivity contribution in [2.75, 3.05) is 38.3 Å². The highest BCUT2D eigenvalue weighted by Crippen LogP contribution is 2.28. The van der Waals surface area contributed by atoms with Gasteiger partial charge in [-0.05, 0) is 24.3 Å². The van der Waals surface area contributed by atoms with Crippen LogP contribution in [0.1, 0.15) is 10.5 Å². The molecular weight excluding hydrogens is 292 g/mol. The number of hydrogen-bond donors (Lipinski definition) is 0. The van der Waals surface area contributed by atoms with E-state index < -0.39 is 5.97 Å². The average Bonchev–Trinajstić information content (AvgIpc) is 2.54. The third-order valence-electron chi connectivity index (χ3n) is 3.51. The molecule has 5 nitrogen and oxygen atoms in total. The van der Waals surface area contributed by atoms with E-state index in [9.17, 15) is 4.79 Å². The molecule has 2 heterocycles. The van der Waals surface area contributed by atoms with Gasteiger partial charge in [0.1, 0.15) is 0 Å². The van der Waals surface area contributed by atoms with Gasteiger partial charge in [0.15, 0.2) is 5.69 Å². The number of morpholine rings is 1. The predicted octanol–water partition coefficient (Wildman–Crippen LogP) is 2.51. The third kappa shape index (κ3) is 2.80. The Morgan fingerprint density at radius 3 is 2.81 bits per heavy atom. The maximum atomic E-state index is 11.6. The highest BCUT2D eigenvalue weighted by Gasteiger charge is 2.15. The lowest BCUT2D eigenvalue weighted by Gasteiger charge is -2.29. The molecule has 1 saturated heterocycles. The summed E-state index contributed by atoms with van der Waals surface area (Å²) in [5, 5.41) is 1.32. The van der Waals surface area contributed by atoms with Crippen LogP contribution in [0.2, 0.25) is 5.02 Å². The highest BCUT2D eigenvalue weighted by atomic mass is 35.5. The maximum absolute atomic E-state index is 11.6. The van der Waals surface area contributed by atoms with E-state index in [-0.39, 0.29) is 5.69 Å². The molecule has 2 aromatic rings. The van der Waals surface area contributed by atoms with E-state index in [1.54, 1.807) is 6.07 Å². The Hall–Kier alpha value is -1.85. The lowest BCUT2D eigenvalue weighted by molar-refractivity contribution is 0.0594. The van der Waals surface area contributed by atoms with Crippen LogP contribution in [0, 0.1) is 0 Å². The molecule has 1 aliphatic rings. The Morgan fingerprint density at radius 2 is 2.10 bits per heavy atom. The van der Waals surface area contributed by atoms with E-state index in [2.05, 4.69) is 14.6 Å². The summed E-state index contributed by atoms with van der Waals surface area (Å²) in [5.74, 6) is -0.490. The van der Waals surface area contributed by atoms with Crippen LogP contribution in [0.4, 0.5) is 5.69 Å². The highest BCUT2D eigenvalue weighted by molar-refractivity contribution is 6.35. The molecule has 0 atom stereocenters. The first-order valence-electron chi connectivity index (χ1n) is 6.70. The molecule has 110 valence electrons. The Balaban J connectivity index is 2.01. The number of fused-ring (bicyclic) bond motifs is 1. The molecular formula is C15H15ClN2O3. The van der Waals surface area contributed by atoms with E-state index >= 15 is 0 Å². The zero-order valence-corrected chi connectivity index (χ0v) is 12.4. The van der Waals surface area contributed by atoms with Gasteiger partial charge in [0.05, 0.1) is 30.9 Å². The summed E-state index contributed by atoms with van der Waals surface area (Å²) in [4.78, 5) is 18.1. The van der Waals surface area contributed by atoms with Gasteiger partial charge in [-0.15, -0.1) is 0 Å². The smallest absolute Gasteiger partial charge is 0.356 e. The quantitative estimate of drug-likeness (QED) is 0.798. The first-order valence-corrected chi connectivity index (χ1v) is 7.08. The number of anilines is 1. The summed E-state index contributed by atoms with van der Waals surface area (Å²) in [6.07, 6.45) is 0. The predicted molar refractivity (Wildman–Crippen MR) is 81.1 cm³/mol. The van der Waals surface area contributed by atoms with E-state index in [1.807, 2.05) is 18.2 Å². The topological polar surface area (TPSA) is 51.7 Å². The van der Waals surface area contributed by atoms with Gasteiger partial charge in [-0.25, -0.2) is 9.78 Å². The van der Waals surface area contributed by atoms with Crippen LogP contribution in [-0.4, -0.2) is 44.4 Å². The van der Waals surface area contributed by atoms with Gasteiger partial charge in [-0.1, -0.05) is 11.6 Å². The Labute approximate surface area is 127 Å². The summed E-state index contributed by atoms with van der Waals surface area (Å²) >= 11 is 6.28. The van der Waals surface area contributed by atoms with Crippen molar-refractivity contribution >= 4 is 34.2 Å². The average molecular weight is 307 g/mol. The third-order valence-corrected chi connectivity index (χ3v) is 3.83. The zero-order chi connectivity index (χ0) is 14.8. The van der Waals surface area contributed by atoms with Gasteiger partial charge in [0.25, 0.3) is 0 Å². The summed E-state index contributed by atoms with van der Waals surface area (Å²) in [7, 11) is 1.32. The maximum Gasteiger partial charge on any atom is 0.356 e. The van der Waals surface area contributed by atoms with Gasteiger partial charge >= 0.3 is 5.97 Å². The van der Waals surface area contributed by atoms with Crippen LogP contribution in [0.3, 0.4) is 0 Å². The second kappa shape index (κ2) is 5.87. The second-order valence-electron chi connectivity index (χ2n) is 4.78. The van der Waals surface area contributed by atoms with Crippen LogP contribution >= 0.6 is 11.6 Å². The molecule has 1 fully saturated rings. The minimum Gasteiger partial charge on any atom is -0.464 e. The fourth-order valence-corrected chi connectivity index (χ4v) is 2.65. The van der Waals surface area contributed by atoms with E-state index in [1.165, 1.54) is 7.11 Å². The van der Waals surface area contributed by atoms with Crippen molar-refractivity contribution in [2.24, 2.45) is 0 Å². The number of ether oxygens (including phenoxy) is 2. The number of rotatable bonds is 2. The van der Waals surface area contributed by atoms with Crippen LogP contribution in [0.5, 0.6) is 0 Å². The lowest BCUT2D eigenvalue weighted by atomic mass is 10.1. The van der Waals surface area contributed by atoms with Gasteiger partial charge in [0, 0.05) is 24.2 Å². The molecule has 0 spiro atoms. The fourth-order valence-electron chi connectivity index (χ4n) is 2.40. The lowest BCUT2D eigenvalue weighted by Crippen LogP contribution is -2.36. The van der Waals surface area contributed by atoms with E-state index in [0.29, 0.717) is 10.5 Å². The summed E-state index contributed by atoms with van der Waals surface area (Å²) < 4.78 is 10.0. The Kier molecular flexibility index (Phi) is 3.94. The molecule has 1 aromatic heterocycles. The number of pyridine rings is 1. The molecule has 21 heavy (non-hydrogen) atoms. The molecule has 0 aliphatic carbocycles. The number of halogens is 1. The number of esters is 1. The van der Waals surface area contributed by atoms with Gasteiger partial charge in [-0.2, -0.15) is 0 Å². The normalized spacial score (nSPS) is 15.2.